The van der Waals surface area contributed by atoms with Gasteiger partial charge in [-0.05, 0) is 73.9 Å². The Labute approximate surface area is 208 Å². The first-order chi connectivity index (χ1) is 17.5. The van der Waals surface area contributed by atoms with Gasteiger partial charge in [-0.1, -0.05) is 18.2 Å². The molecule has 0 aliphatic carbocycles. The molecule has 8 heteroatoms. The van der Waals surface area contributed by atoms with Crippen molar-refractivity contribution in [2.45, 2.75) is 19.8 Å². The zero-order valence-corrected chi connectivity index (χ0v) is 19.7. The topological polar surface area (TPSA) is 93.2 Å². The number of carbonyl (C=O) groups excluding carboxylic acids is 4. The maximum Gasteiger partial charge on any atom is 0.338 e. The Hall–Kier alpha value is -4.46. The molecule has 0 bridgehead atoms. The van der Waals surface area contributed by atoms with E-state index in [1.165, 1.54) is 18.2 Å². The van der Waals surface area contributed by atoms with Gasteiger partial charge in [-0.15, -0.1) is 0 Å². The third-order valence-electron chi connectivity index (χ3n) is 6.27. The van der Waals surface area contributed by atoms with E-state index in [4.69, 9.17) is 9.47 Å². The van der Waals surface area contributed by atoms with Gasteiger partial charge in [-0.2, -0.15) is 0 Å². The van der Waals surface area contributed by atoms with Crippen LogP contribution in [0.1, 0.15) is 50.0 Å². The van der Waals surface area contributed by atoms with E-state index in [0.717, 1.165) is 29.0 Å². The molecule has 0 N–H and O–H groups in total. The molecular weight excluding hydrogens is 460 g/mol. The van der Waals surface area contributed by atoms with Crippen molar-refractivity contribution < 1.29 is 28.7 Å². The van der Waals surface area contributed by atoms with Gasteiger partial charge < -0.3 is 14.4 Å². The molecule has 0 atom stereocenters. The first-order valence-electron chi connectivity index (χ1n) is 11.8. The van der Waals surface area contributed by atoms with Gasteiger partial charge >= 0.3 is 5.97 Å². The van der Waals surface area contributed by atoms with Crippen molar-refractivity contribution in [2.24, 2.45) is 0 Å². The van der Waals surface area contributed by atoms with Crippen molar-refractivity contribution in [3.63, 3.8) is 0 Å². The van der Waals surface area contributed by atoms with Gasteiger partial charge in [0.1, 0.15) is 5.75 Å². The second kappa shape index (κ2) is 9.65. The number of anilines is 2. The van der Waals surface area contributed by atoms with Crippen LogP contribution in [0, 0.1) is 0 Å². The van der Waals surface area contributed by atoms with Crippen LogP contribution < -0.4 is 14.5 Å². The lowest BCUT2D eigenvalue weighted by molar-refractivity contribution is -0.121. The van der Waals surface area contributed by atoms with Gasteiger partial charge in [0, 0.05) is 12.2 Å². The van der Waals surface area contributed by atoms with Crippen molar-refractivity contribution in [2.75, 3.05) is 29.6 Å². The van der Waals surface area contributed by atoms with Crippen LogP contribution >= 0.6 is 0 Å². The molecule has 2 aliphatic heterocycles. The Kier molecular flexibility index (Phi) is 6.25. The molecular formula is C28H24N2O6. The van der Waals surface area contributed by atoms with E-state index < -0.39 is 24.4 Å². The average Bonchev–Trinajstić information content (AvgIpc) is 3.16. The molecule has 0 radical (unpaired) electrons. The van der Waals surface area contributed by atoms with Crippen LogP contribution in [0.3, 0.4) is 0 Å². The number of hydrogen-bond acceptors (Lipinski definition) is 6. The number of para-hydroxylation sites is 1. The molecule has 3 amide bonds. The highest BCUT2D eigenvalue weighted by atomic mass is 16.5. The number of esters is 1. The lowest BCUT2D eigenvalue weighted by atomic mass is 10.0. The predicted octanol–water partition coefficient (Wildman–Crippen LogP) is 4.02. The quantitative estimate of drug-likeness (QED) is 0.388. The molecule has 2 heterocycles. The number of fused-ring (bicyclic) bond motifs is 2. The standard InChI is InChI=1S/C28H24N2O6/c1-2-35-21-12-10-20(11-13-21)30-26(32)22-14-9-19(16-23(22)27(30)33)28(34)36-17-25(31)29-15-5-7-18-6-3-4-8-24(18)29/h3-4,6,8-14,16H,2,5,7,15,17H2,1H3. The number of amides is 3. The van der Waals surface area contributed by atoms with Crippen LogP contribution in [0.15, 0.2) is 66.7 Å². The summed E-state index contributed by atoms with van der Waals surface area (Å²) in [5.41, 5.74) is 2.73. The highest BCUT2D eigenvalue weighted by Gasteiger charge is 2.37. The number of ether oxygens (including phenoxy) is 2. The van der Waals surface area contributed by atoms with Gasteiger partial charge in [-0.25, -0.2) is 9.69 Å². The summed E-state index contributed by atoms with van der Waals surface area (Å²) >= 11 is 0. The summed E-state index contributed by atoms with van der Waals surface area (Å²) in [6.45, 7) is 2.51. The summed E-state index contributed by atoms with van der Waals surface area (Å²) < 4.78 is 10.7. The van der Waals surface area contributed by atoms with Crippen molar-refractivity contribution in [3.05, 3.63) is 89.0 Å². The number of nitrogens with zero attached hydrogens (tertiary/aromatic N) is 2. The van der Waals surface area contributed by atoms with E-state index in [1.54, 1.807) is 29.2 Å². The Morgan fingerprint density at radius 3 is 2.44 bits per heavy atom. The third kappa shape index (κ3) is 4.22. The summed E-state index contributed by atoms with van der Waals surface area (Å²) in [6, 6.07) is 18.5. The number of hydrogen-bond donors (Lipinski definition) is 0. The van der Waals surface area contributed by atoms with E-state index in [2.05, 4.69) is 0 Å². The molecule has 0 saturated heterocycles. The Morgan fingerprint density at radius 1 is 0.917 bits per heavy atom. The fraction of sp³-hybridized carbons (Fsp3) is 0.214. The third-order valence-corrected chi connectivity index (χ3v) is 6.27. The molecule has 5 rings (SSSR count). The minimum absolute atomic E-state index is 0.0929. The predicted molar refractivity (Wildman–Crippen MR) is 133 cm³/mol. The van der Waals surface area contributed by atoms with Crippen molar-refractivity contribution >= 4 is 35.1 Å². The normalized spacial score (nSPS) is 14.4. The lowest BCUT2D eigenvalue weighted by Gasteiger charge is -2.29. The first-order valence-corrected chi connectivity index (χ1v) is 11.8. The Bertz CT molecular complexity index is 1360. The smallest absolute Gasteiger partial charge is 0.338 e. The number of rotatable bonds is 6. The maximum atomic E-state index is 13.0. The SMILES string of the molecule is CCOc1ccc(N2C(=O)c3ccc(C(=O)OCC(=O)N4CCCc5ccccc54)cc3C2=O)cc1. The fourth-order valence-corrected chi connectivity index (χ4v) is 4.54. The van der Waals surface area contributed by atoms with E-state index in [9.17, 15) is 19.2 Å². The largest absolute Gasteiger partial charge is 0.494 e. The van der Waals surface area contributed by atoms with Gasteiger partial charge in [0.25, 0.3) is 17.7 Å². The summed E-state index contributed by atoms with van der Waals surface area (Å²) in [6.07, 6.45) is 1.73. The first kappa shape index (κ1) is 23.3. The van der Waals surface area contributed by atoms with E-state index in [0.29, 0.717) is 24.6 Å². The molecule has 2 aliphatic rings. The minimum atomic E-state index is -0.740. The van der Waals surface area contributed by atoms with E-state index in [-0.39, 0.29) is 22.6 Å². The fourth-order valence-electron chi connectivity index (χ4n) is 4.54. The molecule has 0 aromatic heterocycles. The van der Waals surface area contributed by atoms with Crippen LogP contribution in [0.2, 0.25) is 0 Å². The Morgan fingerprint density at radius 2 is 1.67 bits per heavy atom. The molecule has 0 saturated carbocycles. The van der Waals surface area contributed by atoms with Crippen LogP contribution in [0.4, 0.5) is 11.4 Å². The highest BCUT2D eigenvalue weighted by Crippen LogP contribution is 2.31. The maximum absolute atomic E-state index is 13.0. The molecule has 36 heavy (non-hydrogen) atoms. The molecule has 3 aromatic rings. The number of aryl methyl sites for hydroxylation is 1. The molecule has 0 unspecified atom stereocenters. The van der Waals surface area contributed by atoms with Crippen LogP contribution in [-0.2, 0) is 16.0 Å². The molecule has 8 nitrogen and oxygen atoms in total. The molecule has 0 fully saturated rings. The number of benzene rings is 3. The average molecular weight is 485 g/mol. The number of carbonyl (C=O) groups is 4. The number of imide groups is 1. The second-order valence-electron chi connectivity index (χ2n) is 8.49. The van der Waals surface area contributed by atoms with Gasteiger partial charge in [0.2, 0.25) is 0 Å². The van der Waals surface area contributed by atoms with E-state index >= 15 is 0 Å². The minimum Gasteiger partial charge on any atom is -0.494 e. The van der Waals surface area contributed by atoms with Gasteiger partial charge in [0.05, 0.1) is 29.0 Å². The molecule has 3 aromatic carbocycles. The summed E-state index contributed by atoms with van der Waals surface area (Å²) in [7, 11) is 0. The monoisotopic (exact) mass is 484 g/mol. The second-order valence-corrected chi connectivity index (χ2v) is 8.49. The van der Waals surface area contributed by atoms with Crippen molar-refractivity contribution in [1.29, 1.82) is 0 Å². The van der Waals surface area contributed by atoms with E-state index in [1.807, 2.05) is 31.2 Å². The summed E-state index contributed by atoms with van der Waals surface area (Å²) in [5, 5.41) is 0. The molecule has 182 valence electrons. The lowest BCUT2D eigenvalue weighted by Crippen LogP contribution is -2.38. The van der Waals surface area contributed by atoms with Gasteiger partial charge in [-0.3, -0.25) is 14.4 Å². The highest BCUT2D eigenvalue weighted by molar-refractivity contribution is 6.34. The zero-order valence-electron chi connectivity index (χ0n) is 19.7. The summed E-state index contributed by atoms with van der Waals surface area (Å²) in [5.74, 6) is -1.43. The van der Waals surface area contributed by atoms with Crippen LogP contribution in [0.25, 0.3) is 0 Å². The van der Waals surface area contributed by atoms with Crippen LogP contribution in [0.5, 0.6) is 5.75 Å². The summed E-state index contributed by atoms with van der Waals surface area (Å²) in [4.78, 5) is 54.1. The van der Waals surface area contributed by atoms with Crippen molar-refractivity contribution in [1.82, 2.24) is 0 Å². The van der Waals surface area contributed by atoms with Crippen molar-refractivity contribution in [3.8, 4) is 5.75 Å². The van der Waals surface area contributed by atoms with Gasteiger partial charge in [0.15, 0.2) is 6.61 Å². The zero-order chi connectivity index (χ0) is 25.2. The molecule has 0 spiro atoms. The van der Waals surface area contributed by atoms with Crippen LogP contribution in [-0.4, -0.2) is 43.4 Å². The Balaban J connectivity index is 1.28.